The van der Waals surface area contributed by atoms with Gasteiger partial charge in [-0.15, -0.1) is 0 Å². The van der Waals surface area contributed by atoms with Crippen molar-refractivity contribution in [3.05, 3.63) is 29.8 Å². The molecule has 0 fully saturated rings. The molecule has 1 N–H and O–H groups in total. The Morgan fingerprint density at radius 3 is 2.35 bits per heavy atom. The number of hydrogen-bond donors (Lipinski definition) is 1. The fourth-order valence-corrected chi connectivity index (χ4v) is 1.76. The van der Waals surface area contributed by atoms with Crippen LogP contribution in [0.25, 0.3) is 0 Å². The van der Waals surface area contributed by atoms with E-state index in [1.54, 1.807) is 7.11 Å². The molecule has 0 aromatic heterocycles. The highest BCUT2D eigenvalue weighted by atomic mass is 16.5. The molecule has 1 rings (SSSR count). The highest BCUT2D eigenvalue weighted by Crippen LogP contribution is 2.35. The molecule has 0 bridgehead atoms. The summed E-state index contributed by atoms with van der Waals surface area (Å²) >= 11 is 0. The Hall–Kier alpha value is -1.02. The van der Waals surface area contributed by atoms with Crippen LogP contribution in [0.2, 0.25) is 0 Å². The van der Waals surface area contributed by atoms with Gasteiger partial charge in [0, 0.05) is 5.56 Å². The van der Waals surface area contributed by atoms with E-state index in [1.807, 2.05) is 24.3 Å². The van der Waals surface area contributed by atoms with Gasteiger partial charge in [0.2, 0.25) is 0 Å². The first-order chi connectivity index (χ1) is 7.86. The highest BCUT2D eigenvalue weighted by Gasteiger charge is 2.24. The molecule has 0 radical (unpaired) electrons. The van der Waals surface area contributed by atoms with Gasteiger partial charge in [-0.05, 0) is 23.8 Å². The molecule has 96 valence electrons. The maximum Gasteiger partial charge on any atom is 0.124 e. The van der Waals surface area contributed by atoms with Gasteiger partial charge >= 0.3 is 0 Å². The SMILES string of the molecule is COc1ccccc1C(O)CC(C)C(C)(C)C. The van der Waals surface area contributed by atoms with E-state index < -0.39 is 6.10 Å². The number of benzene rings is 1. The molecule has 2 heteroatoms. The van der Waals surface area contributed by atoms with E-state index in [2.05, 4.69) is 27.7 Å². The number of rotatable bonds is 4. The Morgan fingerprint density at radius 1 is 1.24 bits per heavy atom. The van der Waals surface area contributed by atoms with E-state index in [9.17, 15) is 5.11 Å². The fraction of sp³-hybridized carbons (Fsp3) is 0.600. The minimum atomic E-state index is -0.458. The van der Waals surface area contributed by atoms with Crippen LogP contribution in [0.15, 0.2) is 24.3 Å². The Labute approximate surface area is 105 Å². The van der Waals surface area contributed by atoms with Gasteiger partial charge in [-0.25, -0.2) is 0 Å². The molecule has 1 aromatic carbocycles. The van der Waals surface area contributed by atoms with E-state index in [1.165, 1.54) is 0 Å². The summed E-state index contributed by atoms with van der Waals surface area (Å²) < 4.78 is 5.27. The normalized spacial score (nSPS) is 15.4. The van der Waals surface area contributed by atoms with Crippen molar-refractivity contribution in [2.24, 2.45) is 11.3 Å². The van der Waals surface area contributed by atoms with Crippen molar-refractivity contribution >= 4 is 0 Å². The van der Waals surface area contributed by atoms with Crippen molar-refractivity contribution in [1.82, 2.24) is 0 Å². The molecule has 2 unspecified atom stereocenters. The summed E-state index contributed by atoms with van der Waals surface area (Å²) in [5.41, 5.74) is 1.09. The van der Waals surface area contributed by atoms with Gasteiger partial charge in [-0.3, -0.25) is 0 Å². The zero-order valence-electron chi connectivity index (χ0n) is 11.5. The van der Waals surface area contributed by atoms with E-state index >= 15 is 0 Å². The quantitative estimate of drug-likeness (QED) is 0.861. The van der Waals surface area contributed by atoms with Gasteiger partial charge < -0.3 is 9.84 Å². The third kappa shape index (κ3) is 3.74. The molecule has 0 heterocycles. The van der Waals surface area contributed by atoms with Crippen molar-refractivity contribution in [3.8, 4) is 5.75 Å². The summed E-state index contributed by atoms with van der Waals surface area (Å²) in [5.74, 6) is 1.21. The van der Waals surface area contributed by atoms with Crippen LogP contribution >= 0.6 is 0 Å². The van der Waals surface area contributed by atoms with Gasteiger partial charge in [0.15, 0.2) is 0 Å². The van der Waals surface area contributed by atoms with Crippen LogP contribution in [-0.4, -0.2) is 12.2 Å². The van der Waals surface area contributed by atoms with Crippen LogP contribution < -0.4 is 4.74 Å². The lowest BCUT2D eigenvalue weighted by Gasteiger charge is -2.29. The molecule has 0 aliphatic rings. The lowest BCUT2D eigenvalue weighted by Crippen LogP contribution is -2.20. The summed E-state index contributed by atoms with van der Waals surface area (Å²) in [7, 11) is 1.64. The minimum Gasteiger partial charge on any atom is -0.496 e. The number of para-hydroxylation sites is 1. The Morgan fingerprint density at radius 2 is 1.82 bits per heavy atom. The second-order valence-electron chi connectivity index (χ2n) is 5.76. The molecule has 0 saturated carbocycles. The first-order valence-electron chi connectivity index (χ1n) is 6.17. The zero-order chi connectivity index (χ0) is 13.1. The first-order valence-corrected chi connectivity index (χ1v) is 6.17. The molecular weight excluding hydrogens is 212 g/mol. The van der Waals surface area contributed by atoms with E-state index in [0.717, 1.165) is 17.7 Å². The van der Waals surface area contributed by atoms with E-state index in [4.69, 9.17) is 4.74 Å². The van der Waals surface area contributed by atoms with Gasteiger partial charge in [-0.1, -0.05) is 45.9 Å². The molecule has 0 spiro atoms. The van der Waals surface area contributed by atoms with Gasteiger partial charge in [0.25, 0.3) is 0 Å². The summed E-state index contributed by atoms with van der Waals surface area (Å²) in [6, 6.07) is 7.67. The topological polar surface area (TPSA) is 29.5 Å². The second-order valence-corrected chi connectivity index (χ2v) is 5.76. The molecule has 0 saturated heterocycles. The molecule has 0 aliphatic carbocycles. The average molecular weight is 236 g/mol. The lowest BCUT2D eigenvalue weighted by molar-refractivity contribution is 0.108. The van der Waals surface area contributed by atoms with Crippen molar-refractivity contribution in [1.29, 1.82) is 0 Å². The summed E-state index contributed by atoms with van der Waals surface area (Å²) in [5, 5.41) is 10.3. The van der Waals surface area contributed by atoms with Gasteiger partial charge in [0.05, 0.1) is 13.2 Å². The summed E-state index contributed by atoms with van der Waals surface area (Å²) in [4.78, 5) is 0. The average Bonchev–Trinajstić information content (AvgIpc) is 2.27. The lowest BCUT2D eigenvalue weighted by atomic mass is 9.78. The van der Waals surface area contributed by atoms with Crippen LogP contribution in [0, 0.1) is 11.3 Å². The van der Waals surface area contributed by atoms with Crippen LogP contribution in [0.3, 0.4) is 0 Å². The highest BCUT2D eigenvalue weighted by molar-refractivity contribution is 5.34. The standard InChI is InChI=1S/C15H24O2/c1-11(15(2,3)4)10-13(16)12-8-6-7-9-14(12)17-5/h6-9,11,13,16H,10H2,1-5H3. The van der Waals surface area contributed by atoms with Crippen molar-refractivity contribution < 1.29 is 9.84 Å². The second kappa shape index (κ2) is 5.54. The van der Waals surface area contributed by atoms with Crippen LogP contribution in [0.4, 0.5) is 0 Å². The Kier molecular flexibility index (Phi) is 4.58. The van der Waals surface area contributed by atoms with E-state index in [0.29, 0.717) is 5.92 Å². The molecule has 1 aromatic rings. The number of aliphatic hydroxyl groups is 1. The monoisotopic (exact) mass is 236 g/mol. The number of hydrogen-bond acceptors (Lipinski definition) is 2. The summed E-state index contributed by atoms with van der Waals surface area (Å²) in [6.45, 7) is 8.78. The predicted octanol–water partition coefficient (Wildman–Crippen LogP) is 3.80. The van der Waals surface area contributed by atoms with Crippen LogP contribution in [-0.2, 0) is 0 Å². The molecule has 17 heavy (non-hydrogen) atoms. The maximum atomic E-state index is 10.3. The largest absolute Gasteiger partial charge is 0.496 e. The number of methoxy groups -OCH3 is 1. The molecule has 0 aliphatic heterocycles. The van der Waals surface area contributed by atoms with Gasteiger partial charge in [0.1, 0.15) is 5.75 Å². The minimum absolute atomic E-state index is 0.211. The Bertz CT molecular complexity index is 352. The zero-order valence-corrected chi connectivity index (χ0v) is 11.5. The first kappa shape index (κ1) is 14.0. The molecular formula is C15H24O2. The van der Waals surface area contributed by atoms with Crippen molar-refractivity contribution in [2.45, 2.75) is 40.2 Å². The van der Waals surface area contributed by atoms with Crippen molar-refractivity contribution in [2.75, 3.05) is 7.11 Å². The summed E-state index contributed by atoms with van der Waals surface area (Å²) in [6.07, 6.45) is 0.296. The smallest absolute Gasteiger partial charge is 0.124 e. The maximum absolute atomic E-state index is 10.3. The van der Waals surface area contributed by atoms with Crippen LogP contribution in [0.1, 0.15) is 45.8 Å². The van der Waals surface area contributed by atoms with Crippen molar-refractivity contribution in [3.63, 3.8) is 0 Å². The molecule has 0 amide bonds. The van der Waals surface area contributed by atoms with E-state index in [-0.39, 0.29) is 5.41 Å². The third-order valence-corrected chi connectivity index (χ3v) is 3.55. The third-order valence-electron chi connectivity index (χ3n) is 3.55. The number of ether oxygens (including phenoxy) is 1. The van der Waals surface area contributed by atoms with Crippen LogP contribution in [0.5, 0.6) is 5.75 Å². The van der Waals surface area contributed by atoms with Gasteiger partial charge in [-0.2, -0.15) is 0 Å². The Balaban J connectivity index is 2.79. The number of aliphatic hydroxyl groups excluding tert-OH is 1. The molecule has 2 atom stereocenters. The predicted molar refractivity (Wildman–Crippen MR) is 71.2 cm³/mol. The fourth-order valence-electron chi connectivity index (χ4n) is 1.76. The molecule has 2 nitrogen and oxygen atoms in total.